The number of halogens is 1. The average molecular weight is 306 g/mol. The molecule has 3 rings (SSSR count). The van der Waals surface area contributed by atoms with Gasteiger partial charge in [-0.15, -0.1) is 0 Å². The molecule has 0 radical (unpaired) electrons. The Bertz CT molecular complexity index is 727. The molecule has 1 aromatic carbocycles. The smallest absolute Gasteiger partial charge is 0.257 e. The lowest BCUT2D eigenvalue weighted by Crippen LogP contribution is -2.34. The molecule has 0 bridgehead atoms. The third-order valence-electron chi connectivity index (χ3n) is 3.65. The summed E-state index contributed by atoms with van der Waals surface area (Å²) in [6.07, 6.45) is 2.31. The second-order valence-corrected chi connectivity index (χ2v) is 5.42. The van der Waals surface area contributed by atoms with Crippen LogP contribution >= 0.6 is 11.6 Å². The first-order valence-electron chi connectivity index (χ1n) is 6.79. The number of nitrogens with zero attached hydrogens (tertiary/aromatic N) is 2. The maximum absolute atomic E-state index is 12.5. The molecule has 110 valence electrons. The molecule has 1 aliphatic heterocycles. The zero-order valence-corrected chi connectivity index (χ0v) is 12.5. The number of hydrogen-bond donors (Lipinski definition) is 1. The minimum Gasteiger partial charge on any atom is -0.496 e. The molecule has 0 aliphatic carbocycles. The van der Waals surface area contributed by atoms with E-state index in [0.717, 1.165) is 23.4 Å². The molecule has 0 saturated carbocycles. The van der Waals surface area contributed by atoms with Crippen molar-refractivity contribution in [2.75, 3.05) is 13.7 Å². The van der Waals surface area contributed by atoms with Crippen LogP contribution in [0.1, 0.15) is 16.8 Å². The predicted octanol–water partition coefficient (Wildman–Crippen LogP) is 1.60. The molecule has 0 amide bonds. The number of benzene rings is 1. The average Bonchev–Trinajstić information content (AvgIpc) is 2.51. The van der Waals surface area contributed by atoms with Gasteiger partial charge in [0.1, 0.15) is 5.75 Å². The Morgan fingerprint density at radius 1 is 1.48 bits per heavy atom. The summed E-state index contributed by atoms with van der Waals surface area (Å²) in [4.78, 5) is 16.9. The summed E-state index contributed by atoms with van der Waals surface area (Å²) in [5.41, 5.74) is 2.53. The van der Waals surface area contributed by atoms with Gasteiger partial charge in [0.05, 0.1) is 25.7 Å². The van der Waals surface area contributed by atoms with Gasteiger partial charge in [0.2, 0.25) is 0 Å². The van der Waals surface area contributed by atoms with E-state index in [9.17, 15) is 4.79 Å². The summed E-state index contributed by atoms with van der Waals surface area (Å²) in [5.74, 6) is 0.714. The van der Waals surface area contributed by atoms with Crippen molar-refractivity contribution in [3.8, 4) is 5.75 Å². The zero-order chi connectivity index (χ0) is 14.8. The molecule has 2 heterocycles. The number of fused-ring (bicyclic) bond motifs is 1. The van der Waals surface area contributed by atoms with Crippen LogP contribution in [0.25, 0.3) is 0 Å². The van der Waals surface area contributed by atoms with Crippen molar-refractivity contribution in [3.05, 3.63) is 56.7 Å². The first-order chi connectivity index (χ1) is 10.2. The van der Waals surface area contributed by atoms with Crippen molar-refractivity contribution < 1.29 is 4.74 Å². The van der Waals surface area contributed by atoms with Gasteiger partial charge in [-0.1, -0.05) is 11.6 Å². The summed E-state index contributed by atoms with van der Waals surface area (Å²) in [7, 11) is 1.60. The van der Waals surface area contributed by atoms with E-state index in [1.807, 2.05) is 6.07 Å². The van der Waals surface area contributed by atoms with Crippen LogP contribution < -0.4 is 15.6 Å². The highest BCUT2D eigenvalue weighted by molar-refractivity contribution is 6.30. The van der Waals surface area contributed by atoms with Crippen molar-refractivity contribution in [2.45, 2.75) is 19.5 Å². The Morgan fingerprint density at radius 2 is 2.33 bits per heavy atom. The molecule has 0 spiro atoms. The Labute approximate surface area is 127 Å². The molecule has 0 unspecified atom stereocenters. The molecule has 2 aromatic rings. The molecular formula is C15H16ClN3O2. The Morgan fingerprint density at radius 3 is 3.14 bits per heavy atom. The number of nitrogens with one attached hydrogen (secondary N) is 1. The van der Waals surface area contributed by atoms with Gasteiger partial charge in [-0.2, -0.15) is 0 Å². The van der Waals surface area contributed by atoms with E-state index in [-0.39, 0.29) is 5.56 Å². The molecule has 0 fully saturated rings. The Kier molecular flexibility index (Phi) is 3.94. The standard InChI is InChI=1S/C15H16ClN3O2/c1-21-14-3-2-11(16)6-10(14)8-19-9-18-13-7-17-5-4-12(13)15(19)20/h2-3,6,9,17H,4-5,7-8H2,1H3. The number of ether oxygens (including phenoxy) is 1. The third-order valence-corrected chi connectivity index (χ3v) is 3.88. The molecule has 6 heteroatoms. The largest absolute Gasteiger partial charge is 0.496 e. The fraction of sp³-hybridized carbons (Fsp3) is 0.333. The van der Waals surface area contributed by atoms with Crippen molar-refractivity contribution >= 4 is 11.6 Å². The van der Waals surface area contributed by atoms with E-state index in [4.69, 9.17) is 16.3 Å². The molecule has 1 N–H and O–H groups in total. The van der Waals surface area contributed by atoms with Crippen molar-refractivity contribution in [1.82, 2.24) is 14.9 Å². The van der Waals surface area contributed by atoms with Crippen LogP contribution in [-0.4, -0.2) is 23.2 Å². The van der Waals surface area contributed by atoms with Crippen molar-refractivity contribution in [3.63, 3.8) is 0 Å². The molecule has 21 heavy (non-hydrogen) atoms. The Balaban J connectivity index is 1.99. The lowest BCUT2D eigenvalue weighted by Gasteiger charge is -2.17. The predicted molar refractivity (Wildman–Crippen MR) is 81.0 cm³/mol. The summed E-state index contributed by atoms with van der Waals surface area (Å²) in [5, 5.41) is 3.83. The highest BCUT2D eigenvalue weighted by Gasteiger charge is 2.16. The molecule has 0 atom stereocenters. The van der Waals surface area contributed by atoms with E-state index in [1.54, 1.807) is 30.1 Å². The second kappa shape index (κ2) is 5.87. The number of hydrogen-bond acceptors (Lipinski definition) is 4. The highest BCUT2D eigenvalue weighted by atomic mass is 35.5. The van der Waals surface area contributed by atoms with Gasteiger partial charge in [0.15, 0.2) is 0 Å². The zero-order valence-electron chi connectivity index (χ0n) is 11.7. The van der Waals surface area contributed by atoms with E-state index in [0.29, 0.717) is 30.3 Å². The van der Waals surface area contributed by atoms with Gasteiger partial charge >= 0.3 is 0 Å². The van der Waals surface area contributed by atoms with Crippen LogP contribution in [0.3, 0.4) is 0 Å². The second-order valence-electron chi connectivity index (χ2n) is 4.99. The van der Waals surface area contributed by atoms with Gasteiger partial charge in [-0.3, -0.25) is 9.36 Å². The molecule has 1 aromatic heterocycles. The van der Waals surface area contributed by atoms with Crippen LogP contribution in [0.5, 0.6) is 5.75 Å². The van der Waals surface area contributed by atoms with E-state index in [1.165, 1.54) is 0 Å². The lowest BCUT2D eigenvalue weighted by atomic mass is 10.1. The van der Waals surface area contributed by atoms with Crippen LogP contribution in [-0.2, 0) is 19.5 Å². The number of rotatable bonds is 3. The minimum absolute atomic E-state index is 0.0172. The highest BCUT2D eigenvalue weighted by Crippen LogP contribution is 2.23. The van der Waals surface area contributed by atoms with Gasteiger partial charge < -0.3 is 10.1 Å². The summed E-state index contributed by atoms with van der Waals surface area (Å²) in [6, 6.07) is 5.38. The normalized spacial score (nSPS) is 13.8. The van der Waals surface area contributed by atoms with E-state index in [2.05, 4.69) is 10.3 Å². The first kappa shape index (κ1) is 14.1. The van der Waals surface area contributed by atoms with E-state index >= 15 is 0 Å². The Hall–Kier alpha value is -1.85. The lowest BCUT2D eigenvalue weighted by molar-refractivity contribution is 0.408. The van der Waals surface area contributed by atoms with Crippen LogP contribution in [0.2, 0.25) is 5.02 Å². The summed E-state index contributed by atoms with van der Waals surface area (Å²) >= 11 is 6.03. The van der Waals surface area contributed by atoms with Gasteiger partial charge in [0.25, 0.3) is 5.56 Å². The molecular weight excluding hydrogens is 290 g/mol. The molecule has 1 aliphatic rings. The number of methoxy groups -OCH3 is 1. The maximum atomic E-state index is 12.5. The minimum atomic E-state index is 0.0172. The van der Waals surface area contributed by atoms with E-state index < -0.39 is 0 Å². The number of aromatic nitrogens is 2. The fourth-order valence-electron chi connectivity index (χ4n) is 2.56. The maximum Gasteiger partial charge on any atom is 0.257 e. The summed E-state index contributed by atoms with van der Waals surface area (Å²) < 4.78 is 6.93. The van der Waals surface area contributed by atoms with Gasteiger partial charge in [-0.25, -0.2) is 4.98 Å². The molecule has 5 nitrogen and oxygen atoms in total. The van der Waals surface area contributed by atoms with Crippen LogP contribution in [0.15, 0.2) is 29.3 Å². The quantitative estimate of drug-likeness (QED) is 0.936. The summed E-state index contributed by atoms with van der Waals surface area (Å²) in [6.45, 7) is 1.87. The molecule has 0 saturated heterocycles. The monoisotopic (exact) mass is 305 g/mol. The van der Waals surface area contributed by atoms with Gasteiger partial charge in [-0.05, 0) is 31.2 Å². The van der Waals surface area contributed by atoms with Crippen LogP contribution in [0.4, 0.5) is 0 Å². The van der Waals surface area contributed by atoms with Crippen molar-refractivity contribution in [1.29, 1.82) is 0 Å². The van der Waals surface area contributed by atoms with Gasteiger partial charge in [0, 0.05) is 22.7 Å². The SMILES string of the molecule is COc1ccc(Cl)cc1Cn1cnc2c(c1=O)CCNC2. The fourth-order valence-corrected chi connectivity index (χ4v) is 2.75. The van der Waals surface area contributed by atoms with Crippen molar-refractivity contribution in [2.24, 2.45) is 0 Å². The van der Waals surface area contributed by atoms with Crippen LogP contribution in [0, 0.1) is 0 Å². The first-order valence-corrected chi connectivity index (χ1v) is 7.17. The third kappa shape index (κ3) is 2.80. The topological polar surface area (TPSA) is 56.2 Å².